The molecule has 0 radical (unpaired) electrons. The predicted octanol–water partition coefficient (Wildman–Crippen LogP) is 2.39. The Labute approximate surface area is 109 Å². The average Bonchev–Trinajstić information content (AvgIpc) is 3.14. The summed E-state index contributed by atoms with van der Waals surface area (Å²) in [5, 5.41) is 9.51. The Kier molecular flexibility index (Phi) is 3.39. The van der Waals surface area contributed by atoms with Gasteiger partial charge in [0.1, 0.15) is 5.75 Å². The van der Waals surface area contributed by atoms with Crippen molar-refractivity contribution in [2.75, 3.05) is 13.7 Å². The highest BCUT2D eigenvalue weighted by atomic mass is 16.5. The summed E-state index contributed by atoms with van der Waals surface area (Å²) >= 11 is 0. The molecule has 1 aliphatic carbocycles. The normalized spacial score (nSPS) is 18.6. The van der Waals surface area contributed by atoms with Crippen molar-refractivity contribution >= 4 is 0 Å². The van der Waals surface area contributed by atoms with Gasteiger partial charge in [-0.15, -0.1) is 0 Å². The van der Waals surface area contributed by atoms with Crippen LogP contribution < -0.4 is 10.5 Å². The smallest absolute Gasteiger partial charge is 0.124 e. The summed E-state index contributed by atoms with van der Waals surface area (Å²) in [6.07, 6.45) is 2.04. The first kappa shape index (κ1) is 13.4. The first-order valence-corrected chi connectivity index (χ1v) is 6.48. The predicted molar refractivity (Wildman–Crippen MR) is 72.9 cm³/mol. The van der Waals surface area contributed by atoms with E-state index in [-0.39, 0.29) is 18.1 Å². The number of ether oxygens (including phenoxy) is 1. The fraction of sp³-hybridized carbons (Fsp3) is 0.600. The summed E-state index contributed by atoms with van der Waals surface area (Å²) in [4.78, 5) is 0. The zero-order valence-electron chi connectivity index (χ0n) is 11.7. The van der Waals surface area contributed by atoms with E-state index >= 15 is 0 Å². The number of hydrogen-bond acceptors (Lipinski definition) is 3. The Morgan fingerprint density at radius 2 is 1.94 bits per heavy atom. The van der Waals surface area contributed by atoms with E-state index in [1.54, 1.807) is 7.11 Å². The van der Waals surface area contributed by atoms with Gasteiger partial charge in [-0.05, 0) is 55.9 Å². The average molecular weight is 249 g/mol. The zero-order chi connectivity index (χ0) is 13.5. The van der Waals surface area contributed by atoms with E-state index in [1.165, 1.54) is 5.56 Å². The molecule has 1 fully saturated rings. The highest BCUT2D eigenvalue weighted by Crippen LogP contribution is 2.54. The van der Waals surface area contributed by atoms with Gasteiger partial charge in [0.15, 0.2) is 0 Å². The van der Waals surface area contributed by atoms with Crippen LogP contribution in [-0.4, -0.2) is 18.8 Å². The number of aryl methyl sites for hydroxylation is 1. The molecule has 1 aromatic rings. The molecular formula is C15H23NO2. The molecule has 1 aromatic carbocycles. The van der Waals surface area contributed by atoms with Crippen molar-refractivity contribution in [1.82, 2.24) is 0 Å². The SMILES string of the molecule is COc1c(C)cc(C(N)C2(CO)CC2)c(C)c1C. The molecular weight excluding hydrogens is 226 g/mol. The van der Waals surface area contributed by atoms with Crippen molar-refractivity contribution in [2.24, 2.45) is 11.1 Å². The Balaban J connectivity index is 2.46. The molecule has 0 saturated heterocycles. The molecule has 1 unspecified atom stereocenters. The van der Waals surface area contributed by atoms with Crippen LogP contribution in [0.4, 0.5) is 0 Å². The molecule has 0 spiro atoms. The van der Waals surface area contributed by atoms with E-state index in [0.717, 1.165) is 35.3 Å². The van der Waals surface area contributed by atoms with E-state index in [1.807, 2.05) is 6.92 Å². The van der Waals surface area contributed by atoms with Crippen LogP contribution in [0.5, 0.6) is 5.75 Å². The van der Waals surface area contributed by atoms with Crippen LogP contribution in [-0.2, 0) is 0 Å². The Morgan fingerprint density at radius 3 is 2.39 bits per heavy atom. The minimum Gasteiger partial charge on any atom is -0.496 e. The molecule has 0 aliphatic heterocycles. The monoisotopic (exact) mass is 249 g/mol. The van der Waals surface area contributed by atoms with Gasteiger partial charge in [0, 0.05) is 11.5 Å². The molecule has 3 heteroatoms. The highest BCUT2D eigenvalue weighted by Gasteiger charge is 2.48. The van der Waals surface area contributed by atoms with Crippen molar-refractivity contribution in [2.45, 2.75) is 39.7 Å². The minimum atomic E-state index is -0.0851. The molecule has 1 atom stereocenters. The van der Waals surface area contributed by atoms with Crippen molar-refractivity contribution in [3.05, 3.63) is 28.3 Å². The summed E-state index contributed by atoms with van der Waals surface area (Å²) in [7, 11) is 1.70. The maximum absolute atomic E-state index is 9.51. The van der Waals surface area contributed by atoms with Gasteiger partial charge in [-0.2, -0.15) is 0 Å². The molecule has 1 aliphatic rings. The number of benzene rings is 1. The van der Waals surface area contributed by atoms with Gasteiger partial charge in [0.25, 0.3) is 0 Å². The van der Waals surface area contributed by atoms with E-state index in [2.05, 4.69) is 19.9 Å². The van der Waals surface area contributed by atoms with Gasteiger partial charge in [-0.25, -0.2) is 0 Å². The molecule has 0 amide bonds. The summed E-state index contributed by atoms with van der Waals surface area (Å²) in [5.74, 6) is 0.942. The van der Waals surface area contributed by atoms with Crippen molar-refractivity contribution in [3.8, 4) is 5.75 Å². The quantitative estimate of drug-likeness (QED) is 0.861. The van der Waals surface area contributed by atoms with Gasteiger partial charge in [0.05, 0.1) is 13.7 Å². The molecule has 0 heterocycles. The summed E-state index contributed by atoms with van der Waals surface area (Å²) in [6.45, 7) is 6.37. The van der Waals surface area contributed by atoms with Gasteiger partial charge in [-0.1, -0.05) is 6.07 Å². The lowest BCUT2D eigenvalue weighted by atomic mass is 9.86. The van der Waals surface area contributed by atoms with Crippen molar-refractivity contribution in [3.63, 3.8) is 0 Å². The van der Waals surface area contributed by atoms with Gasteiger partial charge >= 0.3 is 0 Å². The third kappa shape index (κ3) is 1.91. The fourth-order valence-electron chi connectivity index (χ4n) is 2.78. The van der Waals surface area contributed by atoms with Gasteiger partial charge in [0.2, 0.25) is 0 Å². The van der Waals surface area contributed by atoms with E-state index < -0.39 is 0 Å². The Bertz CT molecular complexity index is 464. The lowest BCUT2D eigenvalue weighted by Crippen LogP contribution is -2.27. The number of hydrogen-bond donors (Lipinski definition) is 2. The number of methoxy groups -OCH3 is 1. The minimum absolute atomic E-state index is 0.0780. The molecule has 100 valence electrons. The van der Waals surface area contributed by atoms with Crippen LogP contribution in [0.25, 0.3) is 0 Å². The highest BCUT2D eigenvalue weighted by molar-refractivity contribution is 5.50. The second kappa shape index (κ2) is 4.56. The van der Waals surface area contributed by atoms with E-state index in [4.69, 9.17) is 10.5 Å². The summed E-state index contributed by atoms with van der Waals surface area (Å²) in [5.41, 5.74) is 10.9. The van der Waals surface area contributed by atoms with Gasteiger partial charge in [-0.3, -0.25) is 0 Å². The second-order valence-corrected chi connectivity index (χ2v) is 5.56. The van der Waals surface area contributed by atoms with Crippen molar-refractivity contribution in [1.29, 1.82) is 0 Å². The Hall–Kier alpha value is -1.06. The molecule has 2 rings (SSSR count). The van der Waals surface area contributed by atoms with Crippen LogP contribution in [0.1, 0.15) is 41.1 Å². The molecule has 0 aromatic heterocycles. The van der Waals surface area contributed by atoms with Gasteiger partial charge < -0.3 is 15.6 Å². The largest absolute Gasteiger partial charge is 0.496 e. The molecule has 3 nitrogen and oxygen atoms in total. The lowest BCUT2D eigenvalue weighted by Gasteiger charge is -2.25. The summed E-state index contributed by atoms with van der Waals surface area (Å²) in [6, 6.07) is 2.03. The zero-order valence-corrected chi connectivity index (χ0v) is 11.7. The fourth-order valence-corrected chi connectivity index (χ4v) is 2.78. The van der Waals surface area contributed by atoms with Crippen LogP contribution in [0, 0.1) is 26.2 Å². The number of aliphatic hydroxyl groups excluding tert-OH is 1. The maximum Gasteiger partial charge on any atom is 0.124 e. The number of aliphatic hydroxyl groups is 1. The second-order valence-electron chi connectivity index (χ2n) is 5.56. The van der Waals surface area contributed by atoms with E-state index in [0.29, 0.717) is 0 Å². The molecule has 3 N–H and O–H groups in total. The third-order valence-electron chi connectivity index (χ3n) is 4.47. The van der Waals surface area contributed by atoms with Crippen LogP contribution in [0.3, 0.4) is 0 Å². The van der Waals surface area contributed by atoms with Crippen LogP contribution >= 0.6 is 0 Å². The first-order chi connectivity index (χ1) is 8.46. The lowest BCUT2D eigenvalue weighted by molar-refractivity contribution is 0.187. The number of rotatable bonds is 4. The topological polar surface area (TPSA) is 55.5 Å². The molecule has 0 bridgehead atoms. The van der Waals surface area contributed by atoms with E-state index in [9.17, 15) is 5.11 Å². The first-order valence-electron chi connectivity index (χ1n) is 6.48. The van der Waals surface area contributed by atoms with Crippen LogP contribution in [0.2, 0.25) is 0 Å². The maximum atomic E-state index is 9.51. The molecule has 1 saturated carbocycles. The third-order valence-corrected chi connectivity index (χ3v) is 4.47. The molecule has 18 heavy (non-hydrogen) atoms. The van der Waals surface area contributed by atoms with Crippen LogP contribution in [0.15, 0.2) is 6.07 Å². The van der Waals surface area contributed by atoms with Crippen molar-refractivity contribution < 1.29 is 9.84 Å². The number of nitrogens with two attached hydrogens (primary N) is 1. The standard InChI is InChI=1S/C15H23NO2/c1-9-7-12(10(2)11(3)13(9)18-4)14(16)15(8-17)5-6-15/h7,14,17H,5-6,8,16H2,1-4H3. The summed E-state index contributed by atoms with van der Waals surface area (Å²) < 4.78 is 5.43. The Morgan fingerprint density at radius 1 is 1.33 bits per heavy atom.